The van der Waals surface area contributed by atoms with E-state index in [1.54, 1.807) is 13.1 Å². The zero-order chi connectivity index (χ0) is 18.8. The molecule has 1 heterocycles. The fraction of sp³-hybridized carbons (Fsp3) is 0.524. The van der Waals surface area contributed by atoms with E-state index in [0.717, 1.165) is 17.1 Å². The molecule has 0 radical (unpaired) electrons. The third-order valence-corrected chi connectivity index (χ3v) is 5.16. The minimum atomic E-state index is -0.587. The highest BCUT2D eigenvalue weighted by Crippen LogP contribution is 2.40. The highest BCUT2D eigenvalue weighted by atomic mass is 16.5. The number of carbonyl (C=O) groups is 1. The summed E-state index contributed by atoms with van der Waals surface area (Å²) < 4.78 is 7.87. The highest BCUT2D eigenvalue weighted by molar-refractivity contribution is 5.93. The van der Waals surface area contributed by atoms with Gasteiger partial charge in [-0.15, -0.1) is 0 Å². The third kappa shape index (κ3) is 4.09. The molecule has 1 N–H and O–H groups in total. The standard InChI is InChI=1S/C21H29N3O2/c1-13(2)18-7-6-14(3)19(12-18)26-16(5)21(25)23-20-10-11-22-24(20)15(4)17-8-9-17/h6-7,10-13,15-17H,8-9H2,1-5H3,(H,23,25). The molecule has 1 saturated carbocycles. The van der Waals surface area contributed by atoms with Crippen LogP contribution < -0.4 is 10.1 Å². The van der Waals surface area contributed by atoms with E-state index in [1.807, 2.05) is 29.8 Å². The van der Waals surface area contributed by atoms with Gasteiger partial charge in [-0.3, -0.25) is 4.79 Å². The summed E-state index contributed by atoms with van der Waals surface area (Å²) in [6, 6.07) is 8.33. The zero-order valence-corrected chi connectivity index (χ0v) is 16.3. The minimum Gasteiger partial charge on any atom is -0.481 e. The van der Waals surface area contributed by atoms with Gasteiger partial charge in [-0.25, -0.2) is 4.68 Å². The first-order valence-corrected chi connectivity index (χ1v) is 9.48. The van der Waals surface area contributed by atoms with Crippen LogP contribution in [-0.2, 0) is 4.79 Å². The topological polar surface area (TPSA) is 56.1 Å². The Labute approximate surface area is 155 Å². The van der Waals surface area contributed by atoms with Crippen LogP contribution in [0.1, 0.15) is 63.6 Å². The lowest BCUT2D eigenvalue weighted by molar-refractivity contribution is -0.122. The molecule has 1 aliphatic rings. The molecule has 1 aromatic heterocycles. The van der Waals surface area contributed by atoms with Crippen molar-refractivity contribution in [1.29, 1.82) is 0 Å². The van der Waals surface area contributed by atoms with E-state index >= 15 is 0 Å². The van der Waals surface area contributed by atoms with Crippen LogP contribution in [0.5, 0.6) is 5.75 Å². The second-order valence-corrected chi connectivity index (χ2v) is 7.67. The van der Waals surface area contributed by atoms with Crippen molar-refractivity contribution >= 4 is 11.7 Å². The van der Waals surface area contributed by atoms with Gasteiger partial charge < -0.3 is 10.1 Å². The number of ether oxygens (including phenoxy) is 1. The molecule has 0 spiro atoms. The van der Waals surface area contributed by atoms with Crippen molar-refractivity contribution in [2.24, 2.45) is 5.92 Å². The van der Waals surface area contributed by atoms with Gasteiger partial charge in [0.2, 0.25) is 0 Å². The number of aryl methyl sites for hydroxylation is 1. The average molecular weight is 355 g/mol. The first-order chi connectivity index (χ1) is 12.4. The molecule has 0 saturated heterocycles. The van der Waals surface area contributed by atoms with E-state index in [1.165, 1.54) is 18.4 Å². The van der Waals surface area contributed by atoms with Gasteiger partial charge in [0.15, 0.2) is 6.10 Å². The van der Waals surface area contributed by atoms with E-state index in [9.17, 15) is 4.79 Å². The molecule has 1 amide bonds. The molecule has 2 unspecified atom stereocenters. The second-order valence-electron chi connectivity index (χ2n) is 7.67. The molecule has 0 aliphatic heterocycles. The third-order valence-electron chi connectivity index (χ3n) is 5.16. The average Bonchev–Trinajstić information content (AvgIpc) is 3.35. The van der Waals surface area contributed by atoms with E-state index in [-0.39, 0.29) is 5.91 Å². The van der Waals surface area contributed by atoms with Gasteiger partial charge >= 0.3 is 0 Å². The number of nitrogens with one attached hydrogen (secondary N) is 1. The van der Waals surface area contributed by atoms with E-state index in [2.05, 4.69) is 37.3 Å². The Morgan fingerprint density at radius 2 is 1.96 bits per heavy atom. The van der Waals surface area contributed by atoms with Crippen molar-refractivity contribution in [1.82, 2.24) is 9.78 Å². The highest BCUT2D eigenvalue weighted by Gasteiger charge is 2.31. The van der Waals surface area contributed by atoms with Crippen molar-refractivity contribution in [2.75, 3.05) is 5.32 Å². The number of aromatic nitrogens is 2. The number of amides is 1. The Morgan fingerprint density at radius 1 is 1.23 bits per heavy atom. The van der Waals surface area contributed by atoms with Crippen molar-refractivity contribution in [3.8, 4) is 5.75 Å². The van der Waals surface area contributed by atoms with Crippen LogP contribution in [0.25, 0.3) is 0 Å². The lowest BCUT2D eigenvalue weighted by atomic mass is 10.0. The van der Waals surface area contributed by atoms with Crippen molar-refractivity contribution in [2.45, 2.75) is 65.5 Å². The second kappa shape index (κ2) is 7.52. The monoisotopic (exact) mass is 355 g/mol. The number of nitrogens with zero attached hydrogens (tertiary/aromatic N) is 2. The summed E-state index contributed by atoms with van der Waals surface area (Å²) in [5.74, 6) is 2.42. The number of hydrogen-bond donors (Lipinski definition) is 1. The van der Waals surface area contributed by atoms with Crippen LogP contribution in [0.4, 0.5) is 5.82 Å². The summed E-state index contributed by atoms with van der Waals surface area (Å²) in [6.07, 6.45) is 3.62. The summed E-state index contributed by atoms with van der Waals surface area (Å²) in [7, 11) is 0. The Bertz CT molecular complexity index is 777. The number of carbonyl (C=O) groups excluding carboxylic acids is 1. The largest absolute Gasteiger partial charge is 0.481 e. The summed E-state index contributed by atoms with van der Waals surface area (Å²) in [5.41, 5.74) is 2.23. The Balaban J connectivity index is 1.67. The van der Waals surface area contributed by atoms with Crippen LogP contribution in [0.15, 0.2) is 30.5 Å². The number of anilines is 1. The van der Waals surface area contributed by atoms with Gasteiger partial charge in [0, 0.05) is 6.07 Å². The Hall–Kier alpha value is -2.30. The first kappa shape index (κ1) is 18.5. The van der Waals surface area contributed by atoms with Crippen molar-refractivity contribution in [3.05, 3.63) is 41.6 Å². The summed E-state index contributed by atoms with van der Waals surface area (Å²) in [6.45, 7) is 10.2. The molecule has 5 nitrogen and oxygen atoms in total. The normalized spacial score (nSPS) is 16.4. The molecule has 5 heteroatoms. The maximum absolute atomic E-state index is 12.6. The van der Waals surface area contributed by atoms with Crippen LogP contribution in [0.3, 0.4) is 0 Å². The maximum Gasteiger partial charge on any atom is 0.266 e. The molecule has 140 valence electrons. The molecule has 2 aromatic rings. The molecule has 1 fully saturated rings. The van der Waals surface area contributed by atoms with Gasteiger partial charge in [0.1, 0.15) is 11.6 Å². The predicted octanol–water partition coefficient (Wildman–Crippen LogP) is 4.69. The lowest BCUT2D eigenvalue weighted by Gasteiger charge is -2.19. The smallest absolute Gasteiger partial charge is 0.266 e. The van der Waals surface area contributed by atoms with Crippen LogP contribution >= 0.6 is 0 Å². The fourth-order valence-electron chi connectivity index (χ4n) is 3.09. The SMILES string of the molecule is Cc1ccc(C(C)C)cc1OC(C)C(=O)Nc1ccnn1C(C)C1CC1. The number of benzene rings is 1. The summed E-state index contributed by atoms with van der Waals surface area (Å²) >= 11 is 0. The molecule has 0 bridgehead atoms. The fourth-order valence-corrected chi connectivity index (χ4v) is 3.09. The van der Waals surface area contributed by atoms with Crippen molar-refractivity contribution in [3.63, 3.8) is 0 Å². The van der Waals surface area contributed by atoms with E-state index < -0.39 is 6.10 Å². The number of rotatable bonds is 7. The van der Waals surface area contributed by atoms with Gasteiger partial charge in [-0.2, -0.15) is 5.10 Å². The molecular formula is C21H29N3O2. The summed E-state index contributed by atoms with van der Waals surface area (Å²) in [5, 5.41) is 7.35. The number of hydrogen-bond acceptors (Lipinski definition) is 3. The maximum atomic E-state index is 12.6. The van der Waals surface area contributed by atoms with Crippen molar-refractivity contribution < 1.29 is 9.53 Å². The first-order valence-electron chi connectivity index (χ1n) is 9.48. The van der Waals surface area contributed by atoms with Gasteiger partial charge in [-0.05, 0) is 62.6 Å². The molecule has 2 atom stereocenters. The van der Waals surface area contributed by atoms with Crippen LogP contribution in [-0.4, -0.2) is 21.8 Å². The van der Waals surface area contributed by atoms with Gasteiger partial charge in [-0.1, -0.05) is 26.0 Å². The van der Waals surface area contributed by atoms with Gasteiger partial charge in [0.05, 0.1) is 12.2 Å². The van der Waals surface area contributed by atoms with E-state index in [4.69, 9.17) is 4.74 Å². The predicted molar refractivity (Wildman–Crippen MR) is 104 cm³/mol. The molecule has 1 aromatic carbocycles. The Morgan fingerprint density at radius 3 is 2.62 bits per heavy atom. The molecular weight excluding hydrogens is 326 g/mol. The van der Waals surface area contributed by atoms with Gasteiger partial charge in [0.25, 0.3) is 5.91 Å². The molecule has 26 heavy (non-hydrogen) atoms. The van der Waals surface area contributed by atoms with Crippen LogP contribution in [0.2, 0.25) is 0 Å². The quantitative estimate of drug-likeness (QED) is 0.784. The van der Waals surface area contributed by atoms with Crippen LogP contribution in [0, 0.1) is 12.8 Å². The minimum absolute atomic E-state index is 0.163. The lowest BCUT2D eigenvalue weighted by Crippen LogP contribution is -2.31. The Kier molecular flexibility index (Phi) is 5.35. The summed E-state index contributed by atoms with van der Waals surface area (Å²) in [4.78, 5) is 12.6. The molecule has 3 rings (SSSR count). The molecule has 1 aliphatic carbocycles. The van der Waals surface area contributed by atoms with E-state index in [0.29, 0.717) is 17.9 Å². The zero-order valence-electron chi connectivity index (χ0n) is 16.3.